The van der Waals surface area contributed by atoms with Crippen LogP contribution in [0.2, 0.25) is 0 Å². The zero-order valence-corrected chi connectivity index (χ0v) is 11.4. The summed E-state index contributed by atoms with van der Waals surface area (Å²) in [5.74, 6) is -0.0535. The molecule has 0 aliphatic heterocycles. The normalized spacial score (nSPS) is 13.4. The van der Waals surface area contributed by atoms with Gasteiger partial charge in [0.05, 0.1) is 6.26 Å². The summed E-state index contributed by atoms with van der Waals surface area (Å²) in [4.78, 5) is 4.09. The van der Waals surface area contributed by atoms with E-state index in [1.807, 2.05) is 0 Å². The molecule has 0 aliphatic rings. The lowest BCUT2D eigenvalue weighted by Crippen LogP contribution is -2.30. The van der Waals surface area contributed by atoms with E-state index in [0.29, 0.717) is 5.82 Å². The first-order valence-corrected chi connectivity index (χ1v) is 7.46. The van der Waals surface area contributed by atoms with Gasteiger partial charge in [-0.05, 0) is 6.07 Å². The monoisotopic (exact) mass is 283 g/mol. The van der Waals surface area contributed by atoms with Gasteiger partial charge in [-0.3, -0.25) is 0 Å². The van der Waals surface area contributed by atoms with Gasteiger partial charge in [-0.25, -0.2) is 22.5 Å². The number of nitrogens with one attached hydrogen (secondary N) is 1. The molecular formula is C12H14FN3O2S. The molecule has 0 fully saturated rings. The molecule has 0 saturated carbocycles. The Balaban J connectivity index is 2.53. The van der Waals surface area contributed by atoms with Gasteiger partial charge in [-0.1, -0.05) is 18.2 Å². The molecule has 0 amide bonds. The van der Waals surface area contributed by atoms with Gasteiger partial charge in [0.15, 0.2) is 0 Å². The molecule has 0 aliphatic carbocycles. The van der Waals surface area contributed by atoms with Crippen LogP contribution in [0.15, 0.2) is 36.7 Å². The molecule has 0 radical (unpaired) electrons. The Hall–Kier alpha value is -1.73. The molecule has 0 unspecified atom stereocenters. The maximum absolute atomic E-state index is 13.9. The molecule has 1 heterocycles. The summed E-state index contributed by atoms with van der Waals surface area (Å²) in [6.45, 7) is 0. The lowest BCUT2D eigenvalue weighted by molar-refractivity contribution is 0.548. The van der Waals surface area contributed by atoms with Crippen LogP contribution in [-0.4, -0.2) is 24.2 Å². The van der Waals surface area contributed by atoms with Crippen LogP contribution in [-0.2, 0) is 17.1 Å². The number of nitrogens with zero attached hydrogens (tertiary/aromatic N) is 2. The van der Waals surface area contributed by atoms with E-state index in [4.69, 9.17) is 0 Å². The van der Waals surface area contributed by atoms with Crippen LogP contribution in [0, 0.1) is 5.82 Å². The second-order valence-corrected chi connectivity index (χ2v) is 6.02. The quantitative estimate of drug-likeness (QED) is 0.917. The van der Waals surface area contributed by atoms with Crippen molar-refractivity contribution in [2.24, 2.45) is 7.05 Å². The summed E-state index contributed by atoms with van der Waals surface area (Å²) in [5.41, 5.74) is 0.238. The molecule has 2 rings (SSSR count). The zero-order valence-electron chi connectivity index (χ0n) is 10.5. The summed E-state index contributed by atoms with van der Waals surface area (Å²) in [7, 11) is -1.78. The highest BCUT2D eigenvalue weighted by molar-refractivity contribution is 7.88. The number of aryl methyl sites for hydroxylation is 1. The van der Waals surface area contributed by atoms with Crippen molar-refractivity contribution in [2.75, 3.05) is 6.26 Å². The lowest BCUT2D eigenvalue weighted by atomic mass is 10.1. The fraction of sp³-hybridized carbons (Fsp3) is 0.250. The van der Waals surface area contributed by atoms with E-state index in [0.717, 1.165) is 6.26 Å². The fourth-order valence-corrected chi connectivity index (χ4v) is 2.49. The van der Waals surface area contributed by atoms with Crippen molar-refractivity contribution in [1.29, 1.82) is 0 Å². The van der Waals surface area contributed by atoms with Crippen molar-refractivity contribution >= 4 is 10.0 Å². The van der Waals surface area contributed by atoms with Gasteiger partial charge < -0.3 is 4.57 Å². The van der Waals surface area contributed by atoms with Gasteiger partial charge in [0, 0.05) is 25.0 Å². The molecule has 2 aromatic rings. The Morgan fingerprint density at radius 1 is 1.37 bits per heavy atom. The Morgan fingerprint density at radius 3 is 2.58 bits per heavy atom. The maximum atomic E-state index is 13.9. The van der Waals surface area contributed by atoms with Crippen molar-refractivity contribution < 1.29 is 12.8 Å². The minimum atomic E-state index is -3.50. The van der Waals surface area contributed by atoms with Crippen molar-refractivity contribution in [3.63, 3.8) is 0 Å². The number of halogens is 1. The lowest BCUT2D eigenvalue weighted by Gasteiger charge is -2.18. The van der Waals surface area contributed by atoms with Crippen LogP contribution in [0.3, 0.4) is 0 Å². The first kappa shape index (κ1) is 13.7. The topological polar surface area (TPSA) is 64.0 Å². The highest BCUT2D eigenvalue weighted by Crippen LogP contribution is 2.23. The second kappa shape index (κ2) is 5.10. The van der Waals surface area contributed by atoms with Crippen LogP contribution in [0.5, 0.6) is 0 Å². The Kier molecular flexibility index (Phi) is 3.68. The third-order valence-electron chi connectivity index (χ3n) is 2.66. The Bertz CT molecular complexity index is 682. The minimum absolute atomic E-state index is 0.238. The van der Waals surface area contributed by atoms with Gasteiger partial charge in [0.1, 0.15) is 17.7 Å². The standard InChI is InChI=1S/C12H14FN3O2S/c1-16-8-7-14-12(16)11(15-19(2,17)18)9-5-3-4-6-10(9)13/h3-8,11,15H,1-2H3/t11-/m0/s1. The summed E-state index contributed by atoms with van der Waals surface area (Å²) in [6.07, 6.45) is 4.24. The molecule has 1 aromatic carbocycles. The SMILES string of the molecule is Cn1ccnc1[C@@H](NS(C)(=O)=O)c1ccccc1F. The highest BCUT2D eigenvalue weighted by atomic mass is 32.2. The first-order valence-electron chi connectivity index (χ1n) is 5.57. The summed E-state index contributed by atoms with van der Waals surface area (Å²) in [6, 6.07) is 5.17. The average Bonchev–Trinajstić information content (AvgIpc) is 2.72. The third-order valence-corrected chi connectivity index (χ3v) is 3.33. The molecule has 1 N–H and O–H groups in total. The largest absolute Gasteiger partial charge is 0.336 e. The van der Waals surface area contributed by atoms with Gasteiger partial charge in [0.2, 0.25) is 10.0 Å². The van der Waals surface area contributed by atoms with E-state index >= 15 is 0 Å². The maximum Gasteiger partial charge on any atom is 0.209 e. The Labute approximate surface area is 111 Å². The van der Waals surface area contributed by atoms with Gasteiger partial charge in [-0.15, -0.1) is 0 Å². The predicted octanol–water partition coefficient (Wildman–Crippen LogP) is 1.20. The molecule has 0 saturated heterocycles. The molecule has 1 atom stereocenters. The van der Waals surface area contributed by atoms with E-state index < -0.39 is 21.9 Å². The third kappa shape index (κ3) is 3.18. The molecule has 19 heavy (non-hydrogen) atoms. The van der Waals surface area contributed by atoms with Crippen molar-refractivity contribution in [3.05, 3.63) is 53.9 Å². The van der Waals surface area contributed by atoms with E-state index in [9.17, 15) is 12.8 Å². The predicted molar refractivity (Wildman–Crippen MR) is 69.4 cm³/mol. The number of benzene rings is 1. The first-order chi connectivity index (χ1) is 8.88. The van der Waals surface area contributed by atoms with Crippen LogP contribution >= 0.6 is 0 Å². The molecule has 1 aromatic heterocycles. The molecule has 102 valence electrons. The second-order valence-electron chi connectivity index (χ2n) is 4.24. The van der Waals surface area contributed by atoms with Crippen molar-refractivity contribution in [2.45, 2.75) is 6.04 Å². The number of hydrogen-bond donors (Lipinski definition) is 1. The molecule has 7 heteroatoms. The molecular weight excluding hydrogens is 269 g/mol. The fourth-order valence-electron chi connectivity index (χ4n) is 1.83. The number of hydrogen-bond acceptors (Lipinski definition) is 3. The van der Waals surface area contributed by atoms with Crippen LogP contribution < -0.4 is 4.72 Å². The summed E-state index contributed by atoms with van der Waals surface area (Å²) >= 11 is 0. The van der Waals surface area contributed by atoms with Gasteiger partial charge in [-0.2, -0.15) is 0 Å². The molecule has 0 spiro atoms. The van der Waals surface area contributed by atoms with Crippen molar-refractivity contribution in [3.8, 4) is 0 Å². The highest BCUT2D eigenvalue weighted by Gasteiger charge is 2.24. The average molecular weight is 283 g/mol. The minimum Gasteiger partial charge on any atom is -0.336 e. The molecule has 0 bridgehead atoms. The van der Waals surface area contributed by atoms with E-state index in [1.165, 1.54) is 18.3 Å². The smallest absolute Gasteiger partial charge is 0.209 e. The summed E-state index contributed by atoms with van der Waals surface area (Å²) < 4.78 is 40.8. The van der Waals surface area contributed by atoms with Gasteiger partial charge >= 0.3 is 0 Å². The van der Waals surface area contributed by atoms with E-state index in [1.54, 1.807) is 29.9 Å². The van der Waals surface area contributed by atoms with Crippen molar-refractivity contribution in [1.82, 2.24) is 14.3 Å². The molecule has 5 nitrogen and oxygen atoms in total. The van der Waals surface area contributed by atoms with Crippen LogP contribution in [0.1, 0.15) is 17.4 Å². The number of rotatable bonds is 4. The van der Waals surface area contributed by atoms with Gasteiger partial charge in [0.25, 0.3) is 0 Å². The van der Waals surface area contributed by atoms with E-state index in [2.05, 4.69) is 9.71 Å². The number of aromatic nitrogens is 2. The summed E-state index contributed by atoms with van der Waals surface area (Å²) in [5, 5.41) is 0. The number of imidazole rings is 1. The van der Waals surface area contributed by atoms with Crippen LogP contribution in [0.4, 0.5) is 4.39 Å². The van der Waals surface area contributed by atoms with Crippen LogP contribution in [0.25, 0.3) is 0 Å². The number of sulfonamides is 1. The van der Waals surface area contributed by atoms with E-state index in [-0.39, 0.29) is 5.56 Å². The zero-order chi connectivity index (χ0) is 14.0. The Morgan fingerprint density at radius 2 is 2.05 bits per heavy atom.